The fourth-order valence-corrected chi connectivity index (χ4v) is 4.57. The Balaban J connectivity index is 0. The molecule has 0 saturated carbocycles. The molecular weight excluding hydrogens is 459 g/mol. The fraction of sp³-hybridized carbons (Fsp3) is 0.261. The number of halogens is 3. The van der Waals surface area contributed by atoms with E-state index in [1.165, 1.54) is 27.8 Å². The van der Waals surface area contributed by atoms with Crippen LogP contribution in [0.1, 0.15) is 33.7 Å². The van der Waals surface area contributed by atoms with Gasteiger partial charge in [-0.15, -0.1) is 0 Å². The zero-order valence-corrected chi connectivity index (χ0v) is 21.9. The number of aryl methyl sites for hydroxylation is 2. The predicted octanol–water partition coefficient (Wildman–Crippen LogP) is -3.24. The number of hydrogen-bond donors (Lipinski definition) is 0. The van der Waals surface area contributed by atoms with Crippen LogP contribution in [0.2, 0.25) is 19.6 Å². The summed E-state index contributed by atoms with van der Waals surface area (Å²) < 4.78 is 0. The van der Waals surface area contributed by atoms with E-state index in [4.69, 9.17) is 0 Å². The second kappa shape index (κ2) is 12.3. The Hall–Kier alpha value is -0.409. The molecule has 0 aromatic heterocycles. The maximum absolute atomic E-state index is 2.45. The molecule has 0 N–H and O–H groups in total. The van der Waals surface area contributed by atoms with Crippen LogP contribution in [-0.2, 0) is 21.7 Å². The van der Waals surface area contributed by atoms with E-state index in [0.29, 0.717) is 5.92 Å². The largest absolute Gasteiger partial charge is 4.00 e. The first-order valence-corrected chi connectivity index (χ1v) is 12.2. The van der Waals surface area contributed by atoms with Crippen molar-refractivity contribution in [1.29, 1.82) is 0 Å². The maximum atomic E-state index is 2.45. The van der Waals surface area contributed by atoms with Gasteiger partial charge in [0.25, 0.3) is 0 Å². The minimum absolute atomic E-state index is 0. The van der Waals surface area contributed by atoms with Gasteiger partial charge >= 0.3 is 21.7 Å². The minimum atomic E-state index is -1.28. The van der Waals surface area contributed by atoms with E-state index in [0.717, 1.165) is 0 Å². The summed E-state index contributed by atoms with van der Waals surface area (Å²) in [6.07, 6.45) is 0. The van der Waals surface area contributed by atoms with Gasteiger partial charge in [-0.1, -0.05) is 79.3 Å². The van der Waals surface area contributed by atoms with Crippen LogP contribution in [0.3, 0.4) is 0 Å². The maximum Gasteiger partial charge on any atom is 4.00 e. The summed E-state index contributed by atoms with van der Waals surface area (Å²) in [5, 5.41) is 1.54. The van der Waals surface area contributed by atoms with Crippen molar-refractivity contribution in [2.24, 2.45) is 0 Å². The summed E-state index contributed by atoms with van der Waals surface area (Å²) >= 11 is 0. The van der Waals surface area contributed by atoms with Gasteiger partial charge in [0.1, 0.15) is 0 Å². The normalized spacial score (nSPS) is 10.2. The molecule has 0 aliphatic heterocycles. The number of rotatable bonds is 4. The Morgan fingerprint density at radius 2 is 1.18 bits per heavy atom. The Labute approximate surface area is 205 Å². The van der Waals surface area contributed by atoms with E-state index in [2.05, 4.69) is 100 Å². The third-order valence-electron chi connectivity index (χ3n) is 4.73. The van der Waals surface area contributed by atoms with E-state index in [9.17, 15) is 0 Å². The molecule has 0 atom stereocenters. The Bertz CT molecular complexity index is 807. The molecule has 3 rings (SSSR count). The standard InChI is InChI=1S/C23H27Si.3ClH.Ti/c1-17-8-6-10-19(14-17)23(20-11-7-9-18(2)15-20)21-12-13-22(16-21)24(3,4)5;;;;/h6-16,23H,1-5H3;3*1H;/q-1;;;;+4/p-3. The van der Waals surface area contributed by atoms with Crippen LogP contribution in [0.5, 0.6) is 0 Å². The molecule has 0 saturated heterocycles. The van der Waals surface area contributed by atoms with Crippen LogP contribution in [0, 0.1) is 13.8 Å². The third-order valence-corrected chi connectivity index (χ3v) is 6.77. The summed E-state index contributed by atoms with van der Waals surface area (Å²) in [5.74, 6) is 0.315. The summed E-state index contributed by atoms with van der Waals surface area (Å²) in [6.45, 7) is 11.6. The van der Waals surface area contributed by atoms with E-state index in [1.807, 2.05) is 0 Å². The van der Waals surface area contributed by atoms with Crippen LogP contribution in [0.15, 0.2) is 66.7 Å². The molecule has 0 heterocycles. The molecule has 0 amide bonds. The molecule has 0 nitrogen and oxygen atoms in total. The smallest absolute Gasteiger partial charge is 1.00 e. The molecule has 3 aromatic carbocycles. The molecular formula is C23H27Cl3SiTi. The van der Waals surface area contributed by atoms with Gasteiger partial charge in [-0.3, -0.25) is 0 Å². The van der Waals surface area contributed by atoms with Crippen LogP contribution in [-0.4, -0.2) is 8.07 Å². The Morgan fingerprint density at radius 1 is 0.714 bits per heavy atom. The molecule has 0 aliphatic rings. The van der Waals surface area contributed by atoms with Crippen molar-refractivity contribution in [2.45, 2.75) is 39.4 Å². The van der Waals surface area contributed by atoms with Gasteiger partial charge < -0.3 is 37.2 Å². The second-order valence-electron chi connectivity index (χ2n) is 7.94. The number of benzene rings is 2. The average molecular weight is 486 g/mol. The predicted molar refractivity (Wildman–Crippen MR) is 108 cm³/mol. The first-order chi connectivity index (χ1) is 11.3. The Morgan fingerprint density at radius 3 is 1.54 bits per heavy atom. The van der Waals surface area contributed by atoms with Crippen molar-refractivity contribution >= 4 is 13.3 Å². The van der Waals surface area contributed by atoms with Crippen molar-refractivity contribution in [2.75, 3.05) is 0 Å². The van der Waals surface area contributed by atoms with Gasteiger partial charge in [-0.25, -0.2) is 6.07 Å². The van der Waals surface area contributed by atoms with Crippen molar-refractivity contribution < 1.29 is 58.9 Å². The minimum Gasteiger partial charge on any atom is -1.00 e. The van der Waals surface area contributed by atoms with Crippen LogP contribution >= 0.6 is 0 Å². The molecule has 0 spiro atoms. The van der Waals surface area contributed by atoms with E-state index < -0.39 is 8.07 Å². The first-order valence-electron chi connectivity index (χ1n) is 8.75. The van der Waals surface area contributed by atoms with Gasteiger partial charge in [0.05, 0.1) is 0 Å². The van der Waals surface area contributed by atoms with Crippen LogP contribution in [0.25, 0.3) is 0 Å². The van der Waals surface area contributed by atoms with E-state index >= 15 is 0 Å². The van der Waals surface area contributed by atoms with E-state index in [1.54, 1.807) is 5.19 Å². The van der Waals surface area contributed by atoms with Gasteiger partial charge in [0.15, 0.2) is 0 Å². The van der Waals surface area contributed by atoms with Gasteiger partial charge in [0, 0.05) is 8.07 Å². The summed E-state index contributed by atoms with van der Waals surface area (Å²) in [4.78, 5) is 0. The summed E-state index contributed by atoms with van der Waals surface area (Å²) in [7, 11) is -1.28. The van der Waals surface area contributed by atoms with Gasteiger partial charge in [-0.2, -0.15) is 22.9 Å². The molecule has 0 aliphatic carbocycles. The fourth-order valence-electron chi connectivity index (χ4n) is 3.38. The molecule has 0 bridgehead atoms. The summed E-state index contributed by atoms with van der Waals surface area (Å²) in [6, 6.07) is 25.0. The second-order valence-corrected chi connectivity index (χ2v) is 13.0. The zero-order chi connectivity index (χ0) is 17.3. The van der Waals surface area contributed by atoms with Gasteiger partial charge in [0.2, 0.25) is 0 Å². The van der Waals surface area contributed by atoms with E-state index in [-0.39, 0.29) is 58.9 Å². The zero-order valence-electron chi connectivity index (χ0n) is 17.1. The topological polar surface area (TPSA) is 0 Å². The van der Waals surface area contributed by atoms with Crippen molar-refractivity contribution in [3.8, 4) is 0 Å². The first kappa shape index (κ1) is 29.8. The SMILES string of the molecule is Cc1cccc(C(c2cccc(C)c2)c2cc[c-]([Si](C)(C)C)c2)c1.[Cl-].[Cl-].[Cl-].[Ti+4]. The van der Waals surface area contributed by atoms with Crippen molar-refractivity contribution in [3.05, 3.63) is 94.5 Å². The molecule has 148 valence electrons. The molecule has 28 heavy (non-hydrogen) atoms. The monoisotopic (exact) mass is 484 g/mol. The van der Waals surface area contributed by atoms with Crippen LogP contribution in [0.4, 0.5) is 0 Å². The molecule has 3 aromatic rings. The number of hydrogen-bond acceptors (Lipinski definition) is 0. The molecule has 5 heteroatoms. The van der Waals surface area contributed by atoms with Crippen molar-refractivity contribution in [3.63, 3.8) is 0 Å². The van der Waals surface area contributed by atoms with Crippen LogP contribution < -0.4 is 42.4 Å². The average Bonchev–Trinajstić information content (AvgIpc) is 2.97. The summed E-state index contributed by atoms with van der Waals surface area (Å²) in [5.41, 5.74) is 6.83. The molecule has 0 unspecified atom stereocenters. The quantitative estimate of drug-likeness (QED) is 0.269. The third kappa shape index (κ3) is 7.13. The van der Waals surface area contributed by atoms with Crippen molar-refractivity contribution in [1.82, 2.24) is 0 Å². The Kier molecular flexibility index (Phi) is 13.1. The van der Waals surface area contributed by atoms with Gasteiger partial charge in [-0.05, 0) is 30.9 Å². The molecule has 0 fully saturated rings. The molecule has 0 radical (unpaired) electrons.